The quantitative estimate of drug-likeness (QED) is 0.607. The Bertz CT molecular complexity index is 633. The summed E-state index contributed by atoms with van der Waals surface area (Å²) in [5, 5.41) is 21.0. The first-order valence-corrected chi connectivity index (χ1v) is 4.45. The maximum Gasteiger partial charge on any atom is 0.273 e. The topological polar surface area (TPSA) is 76.2 Å². The lowest BCUT2D eigenvalue weighted by atomic mass is 10.1. The Hall–Kier alpha value is -2.08. The molecular formula is C9H7N5O. The van der Waals surface area contributed by atoms with Crippen LogP contribution in [0, 0.1) is 0 Å². The average molecular weight is 201 g/mol. The highest BCUT2D eigenvalue weighted by Crippen LogP contribution is 2.14. The Morgan fingerprint density at radius 2 is 2.27 bits per heavy atom. The Balaban J connectivity index is 2.44. The Kier molecular flexibility index (Phi) is 1.63. The zero-order chi connectivity index (χ0) is 10.3. The minimum Gasteiger partial charge on any atom is -0.392 e. The standard InChI is InChI=1S/C9H7N5O/c15-5-6-1-2-8-7(3-6)4-10-9-11-12-13-14(8)9/h1-4,15H,5H2. The lowest BCUT2D eigenvalue weighted by Crippen LogP contribution is -1.94. The minimum absolute atomic E-state index is 0.0174. The fourth-order valence-corrected chi connectivity index (χ4v) is 1.54. The highest BCUT2D eigenvalue weighted by atomic mass is 16.3. The molecular weight excluding hydrogens is 194 g/mol. The molecule has 0 atom stereocenters. The summed E-state index contributed by atoms with van der Waals surface area (Å²) in [6.45, 7) is 0.0174. The van der Waals surface area contributed by atoms with E-state index in [1.807, 2.05) is 18.2 Å². The SMILES string of the molecule is OCc1ccc2c(cnc3nnnn32)c1. The van der Waals surface area contributed by atoms with Crippen molar-refractivity contribution in [2.75, 3.05) is 0 Å². The van der Waals surface area contributed by atoms with Crippen molar-refractivity contribution in [3.05, 3.63) is 30.0 Å². The third-order valence-corrected chi connectivity index (χ3v) is 2.27. The van der Waals surface area contributed by atoms with Gasteiger partial charge in [-0.2, -0.15) is 4.52 Å². The molecule has 0 saturated carbocycles. The predicted octanol–water partition coefficient (Wildman–Crippen LogP) is 0.165. The molecule has 2 aromatic heterocycles. The van der Waals surface area contributed by atoms with Crippen LogP contribution >= 0.6 is 0 Å². The zero-order valence-electron chi connectivity index (χ0n) is 7.70. The molecule has 0 bridgehead atoms. The van der Waals surface area contributed by atoms with Gasteiger partial charge in [0.25, 0.3) is 5.78 Å². The summed E-state index contributed by atoms with van der Waals surface area (Å²) in [6.07, 6.45) is 1.69. The van der Waals surface area contributed by atoms with Gasteiger partial charge in [-0.1, -0.05) is 11.2 Å². The normalized spacial score (nSPS) is 11.3. The molecule has 6 nitrogen and oxygen atoms in total. The van der Waals surface area contributed by atoms with Gasteiger partial charge < -0.3 is 5.11 Å². The third-order valence-electron chi connectivity index (χ3n) is 2.27. The maximum atomic E-state index is 9.00. The van der Waals surface area contributed by atoms with Crippen molar-refractivity contribution < 1.29 is 5.11 Å². The van der Waals surface area contributed by atoms with Gasteiger partial charge in [0.1, 0.15) is 0 Å². The van der Waals surface area contributed by atoms with Gasteiger partial charge in [0.2, 0.25) is 0 Å². The van der Waals surface area contributed by atoms with Crippen molar-refractivity contribution in [1.82, 2.24) is 25.0 Å². The zero-order valence-corrected chi connectivity index (χ0v) is 7.70. The number of aliphatic hydroxyl groups is 1. The summed E-state index contributed by atoms with van der Waals surface area (Å²) in [6, 6.07) is 5.57. The predicted molar refractivity (Wildman–Crippen MR) is 52.0 cm³/mol. The Labute approximate surface area is 84.2 Å². The second-order valence-corrected chi connectivity index (χ2v) is 3.20. The van der Waals surface area contributed by atoms with Crippen molar-refractivity contribution >= 4 is 16.7 Å². The van der Waals surface area contributed by atoms with Gasteiger partial charge in [-0.15, -0.1) is 0 Å². The first-order chi connectivity index (χ1) is 7.38. The molecule has 6 heteroatoms. The van der Waals surface area contributed by atoms with Crippen LogP contribution in [0.2, 0.25) is 0 Å². The summed E-state index contributed by atoms with van der Waals surface area (Å²) in [5.41, 5.74) is 1.72. The number of nitrogens with zero attached hydrogens (tertiary/aromatic N) is 5. The van der Waals surface area contributed by atoms with Crippen LogP contribution in [0.25, 0.3) is 16.7 Å². The molecule has 1 N–H and O–H groups in total. The van der Waals surface area contributed by atoms with E-state index in [-0.39, 0.29) is 6.61 Å². The summed E-state index contributed by atoms with van der Waals surface area (Å²) in [5.74, 6) is 0.472. The van der Waals surface area contributed by atoms with Gasteiger partial charge in [-0.05, 0) is 28.1 Å². The summed E-state index contributed by atoms with van der Waals surface area (Å²) in [4.78, 5) is 4.09. The highest BCUT2D eigenvalue weighted by Gasteiger charge is 2.03. The molecule has 0 aliphatic carbocycles. The van der Waals surface area contributed by atoms with E-state index in [0.717, 1.165) is 16.5 Å². The van der Waals surface area contributed by atoms with E-state index in [9.17, 15) is 0 Å². The number of aromatic nitrogens is 5. The van der Waals surface area contributed by atoms with Crippen LogP contribution < -0.4 is 0 Å². The number of hydrogen-bond acceptors (Lipinski definition) is 5. The molecule has 0 aliphatic rings. The number of hydrogen-bond donors (Lipinski definition) is 1. The molecule has 0 spiro atoms. The van der Waals surface area contributed by atoms with Crippen LogP contribution in [0.5, 0.6) is 0 Å². The molecule has 1 aromatic carbocycles. The molecule has 0 fully saturated rings. The minimum atomic E-state index is 0.0174. The van der Waals surface area contributed by atoms with Crippen LogP contribution in [0.3, 0.4) is 0 Å². The molecule has 0 radical (unpaired) electrons. The molecule has 0 saturated heterocycles. The Morgan fingerprint density at radius 1 is 1.33 bits per heavy atom. The third kappa shape index (κ3) is 1.15. The van der Waals surface area contributed by atoms with Gasteiger partial charge in [-0.3, -0.25) is 0 Å². The highest BCUT2D eigenvalue weighted by molar-refractivity contribution is 5.80. The smallest absolute Gasteiger partial charge is 0.273 e. The molecule has 74 valence electrons. The van der Waals surface area contributed by atoms with Crippen molar-refractivity contribution in [3.8, 4) is 0 Å². The second-order valence-electron chi connectivity index (χ2n) is 3.20. The van der Waals surface area contributed by atoms with Crippen molar-refractivity contribution in [3.63, 3.8) is 0 Å². The largest absolute Gasteiger partial charge is 0.392 e. The van der Waals surface area contributed by atoms with E-state index in [4.69, 9.17) is 5.11 Å². The maximum absolute atomic E-state index is 9.00. The van der Waals surface area contributed by atoms with Crippen LogP contribution in [0.4, 0.5) is 0 Å². The molecule has 0 unspecified atom stereocenters. The van der Waals surface area contributed by atoms with E-state index in [0.29, 0.717) is 5.78 Å². The molecule has 3 aromatic rings. The molecule has 3 rings (SSSR count). The van der Waals surface area contributed by atoms with Crippen LogP contribution in [-0.4, -0.2) is 30.1 Å². The lowest BCUT2D eigenvalue weighted by Gasteiger charge is -2.00. The monoisotopic (exact) mass is 201 g/mol. The number of fused-ring (bicyclic) bond motifs is 3. The van der Waals surface area contributed by atoms with Gasteiger partial charge in [-0.25, -0.2) is 4.98 Å². The fourth-order valence-electron chi connectivity index (χ4n) is 1.54. The molecule has 15 heavy (non-hydrogen) atoms. The summed E-state index contributed by atoms with van der Waals surface area (Å²) in [7, 11) is 0. The van der Waals surface area contributed by atoms with Gasteiger partial charge in [0.15, 0.2) is 0 Å². The van der Waals surface area contributed by atoms with Gasteiger partial charge in [0, 0.05) is 11.6 Å². The first-order valence-electron chi connectivity index (χ1n) is 4.45. The van der Waals surface area contributed by atoms with E-state index in [1.165, 1.54) is 0 Å². The van der Waals surface area contributed by atoms with E-state index in [2.05, 4.69) is 20.5 Å². The van der Waals surface area contributed by atoms with E-state index >= 15 is 0 Å². The lowest BCUT2D eigenvalue weighted by molar-refractivity contribution is 0.282. The van der Waals surface area contributed by atoms with Crippen molar-refractivity contribution in [1.29, 1.82) is 0 Å². The Morgan fingerprint density at radius 3 is 3.13 bits per heavy atom. The number of tetrazole rings is 1. The van der Waals surface area contributed by atoms with E-state index < -0.39 is 0 Å². The van der Waals surface area contributed by atoms with Gasteiger partial charge in [0.05, 0.1) is 12.1 Å². The second kappa shape index (κ2) is 2.96. The van der Waals surface area contributed by atoms with Crippen LogP contribution in [0.15, 0.2) is 24.4 Å². The first kappa shape index (κ1) is 8.25. The summed E-state index contributed by atoms with van der Waals surface area (Å²) < 4.78 is 1.57. The number of benzene rings is 1. The van der Waals surface area contributed by atoms with Crippen molar-refractivity contribution in [2.45, 2.75) is 6.61 Å². The fraction of sp³-hybridized carbons (Fsp3) is 0.111. The number of aliphatic hydroxyl groups excluding tert-OH is 1. The van der Waals surface area contributed by atoms with Crippen LogP contribution in [-0.2, 0) is 6.61 Å². The molecule has 2 heterocycles. The summed E-state index contributed by atoms with van der Waals surface area (Å²) >= 11 is 0. The van der Waals surface area contributed by atoms with E-state index in [1.54, 1.807) is 10.7 Å². The number of rotatable bonds is 1. The molecule has 0 amide bonds. The van der Waals surface area contributed by atoms with Crippen LogP contribution in [0.1, 0.15) is 5.56 Å². The van der Waals surface area contributed by atoms with Gasteiger partial charge >= 0.3 is 0 Å². The molecule has 0 aliphatic heterocycles. The van der Waals surface area contributed by atoms with Crippen molar-refractivity contribution in [2.24, 2.45) is 0 Å². The average Bonchev–Trinajstić information content (AvgIpc) is 2.76.